The molecule has 1 aromatic rings. The smallest absolute Gasteiger partial charge is 0.187 e. The molecule has 1 aromatic heterocycles. The van der Waals surface area contributed by atoms with Gasteiger partial charge >= 0.3 is 0 Å². The summed E-state index contributed by atoms with van der Waals surface area (Å²) < 4.78 is 4.94. The highest BCUT2D eigenvalue weighted by atomic mass is 32.1. The first-order chi connectivity index (χ1) is 10.3. The van der Waals surface area contributed by atoms with E-state index in [0.717, 1.165) is 4.88 Å². The second-order valence-electron chi connectivity index (χ2n) is 4.84. The highest BCUT2D eigenvalue weighted by Gasteiger charge is 2.12. The minimum atomic E-state index is 0.510. The monoisotopic (exact) mass is 326 g/mol. The van der Waals surface area contributed by atoms with Gasteiger partial charge in [0.25, 0.3) is 0 Å². The van der Waals surface area contributed by atoms with Crippen molar-refractivity contribution in [3.8, 4) is 0 Å². The van der Waals surface area contributed by atoms with Crippen molar-refractivity contribution in [2.45, 2.75) is 19.3 Å². The van der Waals surface area contributed by atoms with Gasteiger partial charge in [-0.1, -0.05) is 0 Å². The van der Waals surface area contributed by atoms with E-state index in [4.69, 9.17) is 17.0 Å². The zero-order valence-electron chi connectivity index (χ0n) is 12.3. The summed E-state index contributed by atoms with van der Waals surface area (Å²) in [5, 5.41) is 9.00. The number of piperidine rings is 1. The second kappa shape index (κ2) is 8.96. The van der Waals surface area contributed by atoms with E-state index in [1.54, 1.807) is 18.4 Å². The van der Waals surface area contributed by atoms with Crippen LogP contribution in [0.4, 0.5) is 5.00 Å². The van der Waals surface area contributed by atoms with Crippen LogP contribution in [0.3, 0.4) is 0 Å². The number of hydrazone groups is 1. The molecule has 7 heteroatoms. The van der Waals surface area contributed by atoms with Gasteiger partial charge in [-0.15, -0.1) is 11.3 Å². The zero-order chi connectivity index (χ0) is 14.9. The van der Waals surface area contributed by atoms with Crippen LogP contribution in [0, 0.1) is 0 Å². The van der Waals surface area contributed by atoms with Gasteiger partial charge in [0.1, 0.15) is 0 Å². The molecule has 2 heterocycles. The summed E-state index contributed by atoms with van der Waals surface area (Å²) in [7, 11) is 1.66. The molecule has 0 bridgehead atoms. The molecule has 0 atom stereocenters. The maximum Gasteiger partial charge on any atom is 0.187 e. The molecule has 2 rings (SSSR count). The van der Waals surface area contributed by atoms with E-state index in [1.807, 2.05) is 6.21 Å². The molecule has 0 saturated carbocycles. The minimum Gasteiger partial charge on any atom is -0.383 e. The molecular formula is C14H22N4OS2. The topological polar surface area (TPSA) is 48.9 Å². The summed E-state index contributed by atoms with van der Waals surface area (Å²) >= 11 is 6.86. The first-order valence-electron chi connectivity index (χ1n) is 7.20. The molecule has 1 aliphatic rings. The number of thiophene rings is 1. The minimum absolute atomic E-state index is 0.510. The van der Waals surface area contributed by atoms with Gasteiger partial charge in [0.05, 0.1) is 17.8 Å². The maximum atomic E-state index is 5.09. The van der Waals surface area contributed by atoms with E-state index in [0.29, 0.717) is 18.3 Å². The van der Waals surface area contributed by atoms with E-state index in [1.165, 1.54) is 37.4 Å². The number of rotatable bonds is 6. The summed E-state index contributed by atoms with van der Waals surface area (Å²) in [6, 6.07) is 4.27. The molecule has 1 fully saturated rings. The predicted molar refractivity (Wildman–Crippen MR) is 93.6 cm³/mol. The average molecular weight is 326 g/mol. The van der Waals surface area contributed by atoms with Gasteiger partial charge in [-0.25, -0.2) is 0 Å². The highest BCUT2D eigenvalue weighted by Crippen LogP contribution is 2.27. The molecule has 1 saturated heterocycles. The lowest BCUT2D eigenvalue weighted by Crippen LogP contribution is -2.34. The summed E-state index contributed by atoms with van der Waals surface area (Å²) in [4.78, 5) is 3.58. The number of thiocarbonyl (C=S) groups is 1. The second-order valence-corrected chi connectivity index (χ2v) is 6.34. The van der Waals surface area contributed by atoms with Crippen LogP contribution in [-0.4, -0.2) is 44.7 Å². The Bertz CT molecular complexity index is 469. The van der Waals surface area contributed by atoms with Crippen molar-refractivity contribution in [3.63, 3.8) is 0 Å². The van der Waals surface area contributed by atoms with Gasteiger partial charge in [-0.2, -0.15) is 5.10 Å². The Morgan fingerprint density at radius 2 is 2.24 bits per heavy atom. The van der Waals surface area contributed by atoms with E-state index >= 15 is 0 Å². The standard InChI is InChI=1S/C14H22N4OS2/c1-19-10-7-15-14(20)17-16-11-12-5-6-13(21-12)18-8-3-2-4-9-18/h5-6,11H,2-4,7-10H2,1H3,(H2,15,17,20)/b16-11-. The lowest BCUT2D eigenvalue weighted by molar-refractivity contribution is 0.204. The van der Waals surface area contributed by atoms with Gasteiger partial charge in [0.2, 0.25) is 0 Å². The van der Waals surface area contributed by atoms with E-state index in [-0.39, 0.29) is 0 Å². The Kier molecular flexibility index (Phi) is 6.91. The Balaban J connectivity index is 1.76. The number of nitrogens with one attached hydrogen (secondary N) is 2. The SMILES string of the molecule is COCCNC(=S)N/N=C\c1ccc(N2CCCCC2)s1. The molecule has 116 valence electrons. The normalized spacial score (nSPS) is 15.4. The summed E-state index contributed by atoms with van der Waals surface area (Å²) in [6.07, 6.45) is 5.75. The molecule has 1 aliphatic heterocycles. The van der Waals surface area contributed by atoms with E-state index in [9.17, 15) is 0 Å². The van der Waals surface area contributed by atoms with Crippen LogP contribution >= 0.6 is 23.6 Å². The van der Waals surface area contributed by atoms with Gasteiger partial charge in [0.15, 0.2) is 5.11 Å². The van der Waals surface area contributed by atoms with Crippen LogP contribution < -0.4 is 15.6 Å². The lowest BCUT2D eigenvalue weighted by atomic mass is 10.1. The Morgan fingerprint density at radius 1 is 1.43 bits per heavy atom. The third-order valence-electron chi connectivity index (χ3n) is 3.23. The quantitative estimate of drug-likeness (QED) is 0.363. The Morgan fingerprint density at radius 3 is 3.00 bits per heavy atom. The number of nitrogens with zero attached hydrogens (tertiary/aromatic N) is 2. The molecule has 0 unspecified atom stereocenters. The fourth-order valence-corrected chi connectivity index (χ4v) is 3.24. The molecule has 0 radical (unpaired) electrons. The predicted octanol–water partition coefficient (Wildman–Crippen LogP) is 2.18. The van der Waals surface area contributed by atoms with Crippen LogP contribution in [0.1, 0.15) is 24.1 Å². The fraction of sp³-hybridized carbons (Fsp3) is 0.571. The number of methoxy groups -OCH3 is 1. The number of ether oxygens (including phenoxy) is 1. The van der Waals surface area contributed by atoms with Gasteiger partial charge < -0.3 is 15.0 Å². The van der Waals surface area contributed by atoms with Crippen molar-refractivity contribution in [1.29, 1.82) is 0 Å². The summed E-state index contributed by atoms with van der Waals surface area (Å²) in [6.45, 7) is 3.64. The number of hydrogen-bond donors (Lipinski definition) is 2. The van der Waals surface area contributed by atoms with Gasteiger partial charge in [-0.05, 0) is 43.6 Å². The van der Waals surface area contributed by atoms with Crippen LogP contribution in [0.25, 0.3) is 0 Å². The third-order valence-corrected chi connectivity index (χ3v) is 4.55. The van der Waals surface area contributed by atoms with Gasteiger partial charge in [-0.3, -0.25) is 5.43 Å². The van der Waals surface area contributed by atoms with Crippen molar-refractivity contribution < 1.29 is 4.74 Å². The molecule has 0 aromatic carbocycles. The average Bonchev–Trinajstić information content (AvgIpc) is 2.97. The van der Waals surface area contributed by atoms with Crippen molar-refractivity contribution in [1.82, 2.24) is 10.7 Å². The maximum absolute atomic E-state index is 5.09. The lowest BCUT2D eigenvalue weighted by Gasteiger charge is -2.27. The van der Waals surface area contributed by atoms with E-state index in [2.05, 4.69) is 32.9 Å². The molecule has 21 heavy (non-hydrogen) atoms. The first kappa shape index (κ1) is 16.2. The van der Waals surface area contributed by atoms with Crippen LogP contribution in [0.15, 0.2) is 17.2 Å². The van der Waals surface area contributed by atoms with Crippen molar-refractivity contribution >= 4 is 39.9 Å². The van der Waals surface area contributed by atoms with Crippen LogP contribution in [0.2, 0.25) is 0 Å². The van der Waals surface area contributed by atoms with Crippen molar-refractivity contribution in [3.05, 3.63) is 17.0 Å². The van der Waals surface area contributed by atoms with Crippen molar-refractivity contribution in [2.75, 3.05) is 38.3 Å². The summed E-state index contributed by atoms with van der Waals surface area (Å²) in [5.41, 5.74) is 2.81. The zero-order valence-corrected chi connectivity index (χ0v) is 13.9. The highest BCUT2D eigenvalue weighted by molar-refractivity contribution is 7.80. The number of hydrogen-bond acceptors (Lipinski definition) is 5. The third kappa shape index (κ3) is 5.61. The summed E-state index contributed by atoms with van der Waals surface area (Å²) in [5.74, 6) is 0. The Hall–Kier alpha value is -1.18. The molecule has 0 amide bonds. The van der Waals surface area contributed by atoms with Crippen LogP contribution in [0.5, 0.6) is 0 Å². The molecule has 0 aliphatic carbocycles. The van der Waals surface area contributed by atoms with Gasteiger partial charge in [0, 0.05) is 31.6 Å². The molecule has 5 nitrogen and oxygen atoms in total. The molecule has 0 spiro atoms. The molecular weight excluding hydrogens is 304 g/mol. The fourth-order valence-electron chi connectivity index (χ4n) is 2.16. The van der Waals surface area contributed by atoms with E-state index < -0.39 is 0 Å². The largest absolute Gasteiger partial charge is 0.383 e. The number of anilines is 1. The van der Waals surface area contributed by atoms with Crippen molar-refractivity contribution in [2.24, 2.45) is 5.10 Å². The first-order valence-corrected chi connectivity index (χ1v) is 8.42. The molecule has 2 N–H and O–H groups in total. The Labute approximate surface area is 135 Å². The van der Waals surface area contributed by atoms with Crippen LogP contribution in [-0.2, 0) is 4.74 Å².